The van der Waals surface area contributed by atoms with Crippen LogP contribution < -0.4 is 5.09 Å². The number of nitrogens with one attached hydrogen (secondary N) is 1. The van der Waals surface area contributed by atoms with Gasteiger partial charge in [-0.1, -0.05) is 126 Å². The highest BCUT2D eigenvalue weighted by atomic mass is 79.9. The SMILES string of the molecule is CCCCCCCCCOP(=O)(NCCCCCCCBr)OCCCCCCCCC. The van der Waals surface area contributed by atoms with Gasteiger partial charge in [0.25, 0.3) is 0 Å². The maximum Gasteiger partial charge on any atom is 0.405 e. The van der Waals surface area contributed by atoms with Crippen molar-refractivity contribution in [1.29, 1.82) is 0 Å². The summed E-state index contributed by atoms with van der Waals surface area (Å²) in [6.45, 7) is 6.25. The summed E-state index contributed by atoms with van der Waals surface area (Å²) < 4.78 is 24.7. The van der Waals surface area contributed by atoms with Crippen molar-refractivity contribution in [3.63, 3.8) is 0 Å². The summed E-state index contributed by atoms with van der Waals surface area (Å²) in [5, 5.41) is 4.21. The minimum absolute atomic E-state index is 0.528. The van der Waals surface area contributed by atoms with Crippen LogP contribution in [0.25, 0.3) is 0 Å². The molecule has 0 rings (SSSR count). The summed E-state index contributed by atoms with van der Waals surface area (Å²) in [7, 11) is -3.17. The van der Waals surface area contributed by atoms with Gasteiger partial charge in [0.05, 0.1) is 13.2 Å². The van der Waals surface area contributed by atoms with Gasteiger partial charge in [-0.3, -0.25) is 9.05 Å². The molecule has 0 aromatic heterocycles. The molecule has 6 heteroatoms. The lowest BCUT2D eigenvalue weighted by Crippen LogP contribution is -2.17. The van der Waals surface area contributed by atoms with Crippen LogP contribution >= 0.6 is 23.7 Å². The van der Waals surface area contributed by atoms with Crippen LogP contribution in [-0.4, -0.2) is 25.1 Å². The summed E-state index contributed by atoms with van der Waals surface area (Å²) in [6, 6.07) is 0. The maximum absolute atomic E-state index is 13.1. The van der Waals surface area contributed by atoms with Crippen LogP contribution in [0.15, 0.2) is 0 Å². The molecule has 0 aromatic carbocycles. The van der Waals surface area contributed by atoms with E-state index in [0.29, 0.717) is 19.8 Å². The Bertz CT molecular complexity index is 375. The molecule has 0 heterocycles. The average molecular weight is 527 g/mol. The zero-order valence-electron chi connectivity index (χ0n) is 20.8. The van der Waals surface area contributed by atoms with Crippen LogP contribution in [-0.2, 0) is 13.6 Å². The van der Waals surface area contributed by atoms with Crippen molar-refractivity contribution in [3.8, 4) is 0 Å². The molecule has 0 saturated heterocycles. The first kappa shape index (κ1) is 31.6. The third-order valence-electron chi connectivity index (χ3n) is 5.63. The predicted molar refractivity (Wildman–Crippen MR) is 140 cm³/mol. The Morgan fingerprint density at radius 3 is 1.42 bits per heavy atom. The number of hydrogen-bond acceptors (Lipinski definition) is 3. The zero-order chi connectivity index (χ0) is 22.9. The first-order valence-corrected chi connectivity index (χ1v) is 16.0. The van der Waals surface area contributed by atoms with Crippen LogP contribution in [0.3, 0.4) is 0 Å². The molecule has 0 aromatic rings. The summed E-state index contributed by atoms with van der Waals surface area (Å²) in [5.41, 5.74) is 0. The van der Waals surface area contributed by atoms with E-state index in [-0.39, 0.29) is 0 Å². The molecule has 1 N–H and O–H groups in total. The van der Waals surface area contributed by atoms with Gasteiger partial charge >= 0.3 is 7.75 Å². The monoisotopic (exact) mass is 525 g/mol. The molecule has 188 valence electrons. The van der Waals surface area contributed by atoms with Crippen LogP contribution in [0.5, 0.6) is 0 Å². The van der Waals surface area contributed by atoms with Crippen molar-refractivity contribution in [1.82, 2.24) is 5.09 Å². The van der Waals surface area contributed by atoms with Crippen LogP contribution in [0.2, 0.25) is 0 Å². The lowest BCUT2D eigenvalue weighted by atomic mass is 10.1. The highest BCUT2D eigenvalue weighted by Crippen LogP contribution is 2.44. The van der Waals surface area contributed by atoms with E-state index < -0.39 is 7.75 Å². The van der Waals surface area contributed by atoms with Crippen molar-refractivity contribution in [2.24, 2.45) is 0 Å². The quantitative estimate of drug-likeness (QED) is 0.0693. The Morgan fingerprint density at radius 1 is 0.581 bits per heavy atom. The Labute approximate surface area is 203 Å². The fourth-order valence-electron chi connectivity index (χ4n) is 3.58. The Morgan fingerprint density at radius 2 is 0.968 bits per heavy atom. The Balaban J connectivity index is 4.05. The molecular formula is C25H53BrNO3P. The highest BCUT2D eigenvalue weighted by Gasteiger charge is 2.23. The summed E-state index contributed by atoms with van der Waals surface area (Å²) >= 11 is 3.48. The number of hydrogen-bond donors (Lipinski definition) is 1. The fourth-order valence-corrected chi connectivity index (χ4v) is 5.41. The van der Waals surface area contributed by atoms with Crippen molar-refractivity contribution in [3.05, 3.63) is 0 Å². The summed E-state index contributed by atoms with van der Waals surface area (Å²) in [5.74, 6) is 0. The zero-order valence-corrected chi connectivity index (χ0v) is 23.3. The molecule has 0 aliphatic heterocycles. The maximum atomic E-state index is 13.1. The Hall–Kier alpha value is 0.590. The molecule has 0 radical (unpaired) electrons. The molecular weight excluding hydrogens is 473 g/mol. The van der Waals surface area contributed by atoms with E-state index in [1.54, 1.807) is 0 Å². The van der Waals surface area contributed by atoms with E-state index in [4.69, 9.17) is 9.05 Å². The smallest absolute Gasteiger partial charge is 0.297 e. The van der Waals surface area contributed by atoms with E-state index in [1.807, 2.05) is 0 Å². The first-order valence-electron chi connectivity index (χ1n) is 13.4. The van der Waals surface area contributed by atoms with E-state index in [2.05, 4.69) is 34.9 Å². The molecule has 0 saturated carbocycles. The second kappa shape index (κ2) is 25.2. The second-order valence-corrected chi connectivity index (χ2v) is 11.4. The minimum atomic E-state index is -3.17. The number of unbranched alkanes of at least 4 members (excludes halogenated alkanes) is 16. The van der Waals surface area contributed by atoms with Crippen molar-refractivity contribution in [2.75, 3.05) is 25.1 Å². The topological polar surface area (TPSA) is 47.6 Å². The van der Waals surface area contributed by atoms with E-state index in [1.165, 1.54) is 83.5 Å². The van der Waals surface area contributed by atoms with Crippen LogP contribution in [0.4, 0.5) is 0 Å². The lowest BCUT2D eigenvalue weighted by molar-refractivity contribution is 0.189. The van der Waals surface area contributed by atoms with Gasteiger partial charge in [-0.2, -0.15) is 0 Å². The van der Waals surface area contributed by atoms with Gasteiger partial charge in [0.15, 0.2) is 0 Å². The van der Waals surface area contributed by atoms with Crippen molar-refractivity contribution < 1.29 is 13.6 Å². The Kier molecular flexibility index (Phi) is 25.7. The van der Waals surface area contributed by atoms with Crippen LogP contribution in [0.1, 0.15) is 136 Å². The molecule has 0 fully saturated rings. The summed E-state index contributed by atoms with van der Waals surface area (Å²) in [6.07, 6.45) is 23.1. The van der Waals surface area contributed by atoms with E-state index in [0.717, 1.165) is 43.9 Å². The van der Waals surface area contributed by atoms with Gasteiger partial charge < -0.3 is 0 Å². The predicted octanol–water partition coefficient (Wildman–Crippen LogP) is 9.56. The molecule has 0 atom stereocenters. The molecule has 0 bridgehead atoms. The van der Waals surface area contributed by atoms with Crippen LogP contribution in [0, 0.1) is 0 Å². The molecule has 0 spiro atoms. The number of alkyl halides is 1. The van der Waals surface area contributed by atoms with Gasteiger partial charge in [-0.05, 0) is 25.7 Å². The molecule has 31 heavy (non-hydrogen) atoms. The summed E-state index contributed by atoms with van der Waals surface area (Å²) in [4.78, 5) is 0. The second-order valence-electron chi connectivity index (χ2n) is 8.77. The molecule has 0 unspecified atom stereocenters. The average Bonchev–Trinajstić information content (AvgIpc) is 2.77. The number of rotatable bonds is 26. The largest absolute Gasteiger partial charge is 0.405 e. The fraction of sp³-hybridized carbons (Fsp3) is 1.00. The van der Waals surface area contributed by atoms with Crippen molar-refractivity contribution in [2.45, 2.75) is 136 Å². The van der Waals surface area contributed by atoms with Gasteiger partial charge in [-0.15, -0.1) is 0 Å². The van der Waals surface area contributed by atoms with E-state index in [9.17, 15) is 4.57 Å². The van der Waals surface area contributed by atoms with Gasteiger partial charge in [-0.25, -0.2) is 9.65 Å². The molecule has 0 aliphatic carbocycles. The lowest BCUT2D eigenvalue weighted by Gasteiger charge is -2.19. The third kappa shape index (κ3) is 23.5. The van der Waals surface area contributed by atoms with E-state index >= 15 is 0 Å². The van der Waals surface area contributed by atoms with Crippen molar-refractivity contribution >= 4 is 23.7 Å². The minimum Gasteiger partial charge on any atom is -0.297 e. The standard InChI is InChI=1S/C25H53BrNO3P/c1-3-5-7-9-11-16-20-24-29-31(28,27-23-19-15-13-14-18-22-26)30-25-21-17-12-10-8-6-4-2/h3-25H2,1-2H3,(H,27,28). The molecule has 0 aliphatic rings. The van der Waals surface area contributed by atoms with Gasteiger partial charge in [0, 0.05) is 11.9 Å². The first-order chi connectivity index (χ1) is 15.2. The third-order valence-corrected chi connectivity index (χ3v) is 7.85. The van der Waals surface area contributed by atoms with Gasteiger partial charge in [0.1, 0.15) is 0 Å². The molecule has 4 nitrogen and oxygen atoms in total. The molecule has 0 amide bonds. The normalized spacial score (nSPS) is 12.0. The highest BCUT2D eigenvalue weighted by molar-refractivity contribution is 9.09. The van der Waals surface area contributed by atoms with Gasteiger partial charge in [0.2, 0.25) is 0 Å². The number of halogens is 1.